The average molecular weight is 411 g/mol. The van der Waals surface area contributed by atoms with E-state index in [0.717, 1.165) is 57.4 Å². The third-order valence-electron chi connectivity index (χ3n) is 4.49. The highest BCUT2D eigenvalue weighted by Crippen LogP contribution is 2.25. The Morgan fingerprint density at radius 1 is 1.36 bits per heavy atom. The number of carbonyl (C=O) groups is 1. The Bertz CT molecular complexity index is 647. The largest absolute Gasteiger partial charge is 0.382 e. The Morgan fingerprint density at radius 2 is 2.11 bits per heavy atom. The lowest BCUT2D eigenvalue weighted by atomic mass is 10.2. The molecule has 1 aliphatic rings. The summed E-state index contributed by atoms with van der Waals surface area (Å²) in [6.07, 6.45) is 4.32. The molecule has 28 heavy (non-hydrogen) atoms. The molecule has 9 heteroatoms. The molecular formula is C19H31ClN6O2. The van der Waals surface area contributed by atoms with Gasteiger partial charge in [0.05, 0.1) is 10.7 Å². The van der Waals surface area contributed by atoms with Crippen LogP contribution in [0.3, 0.4) is 0 Å². The molecule has 1 aromatic rings. The zero-order chi connectivity index (χ0) is 20.4. The molecule has 156 valence electrons. The Kier molecular flexibility index (Phi) is 9.30. The zero-order valence-electron chi connectivity index (χ0n) is 17.0. The van der Waals surface area contributed by atoms with Crippen LogP contribution in [0, 0.1) is 0 Å². The van der Waals surface area contributed by atoms with Gasteiger partial charge in [-0.15, -0.1) is 0 Å². The van der Waals surface area contributed by atoms with Gasteiger partial charge in [-0.25, -0.2) is 4.99 Å². The van der Waals surface area contributed by atoms with E-state index < -0.39 is 0 Å². The quantitative estimate of drug-likeness (QED) is 0.396. The van der Waals surface area contributed by atoms with Crippen LogP contribution in [0.15, 0.2) is 23.5 Å². The molecule has 1 saturated heterocycles. The standard InChI is InChI=1S/C19H31ClN6O2/c1-4-28-13-5-7-22-19(23-15-18(27)24(2)3)26-11-9-25(10-12-26)17-6-8-21-14-16(17)20/h6,8,14H,4-5,7,9-13,15H2,1-3H3,(H,22,23). The fourth-order valence-electron chi connectivity index (χ4n) is 2.85. The topological polar surface area (TPSA) is 73.3 Å². The molecule has 2 heterocycles. The van der Waals surface area contributed by atoms with Gasteiger partial charge in [-0.05, 0) is 19.4 Å². The van der Waals surface area contributed by atoms with Crippen molar-refractivity contribution in [3.8, 4) is 0 Å². The second-order valence-electron chi connectivity index (χ2n) is 6.71. The minimum Gasteiger partial charge on any atom is -0.382 e. The first-order valence-corrected chi connectivity index (χ1v) is 10.1. The molecule has 0 bridgehead atoms. The molecule has 2 rings (SSSR count). The lowest BCUT2D eigenvalue weighted by molar-refractivity contribution is -0.127. The fraction of sp³-hybridized carbons (Fsp3) is 0.632. The molecule has 1 N–H and O–H groups in total. The molecule has 0 saturated carbocycles. The van der Waals surface area contributed by atoms with Gasteiger partial charge in [-0.3, -0.25) is 9.78 Å². The first-order valence-electron chi connectivity index (χ1n) is 9.68. The van der Waals surface area contributed by atoms with Crippen molar-refractivity contribution >= 4 is 29.2 Å². The van der Waals surface area contributed by atoms with Gasteiger partial charge >= 0.3 is 0 Å². The molecule has 1 aliphatic heterocycles. The first kappa shape index (κ1) is 22.2. The van der Waals surface area contributed by atoms with Crippen molar-refractivity contribution in [1.82, 2.24) is 20.1 Å². The van der Waals surface area contributed by atoms with Gasteiger partial charge in [0, 0.05) is 72.4 Å². The maximum atomic E-state index is 11.9. The molecule has 0 aliphatic carbocycles. The monoisotopic (exact) mass is 410 g/mol. The summed E-state index contributed by atoms with van der Waals surface area (Å²) in [4.78, 5) is 26.5. The molecule has 0 unspecified atom stereocenters. The highest BCUT2D eigenvalue weighted by molar-refractivity contribution is 6.33. The summed E-state index contributed by atoms with van der Waals surface area (Å²) in [7, 11) is 3.48. The third-order valence-corrected chi connectivity index (χ3v) is 4.78. The minimum absolute atomic E-state index is 0.0178. The van der Waals surface area contributed by atoms with Crippen LogP contribution >= 0.6 is 11.6 Å². The SMILES string of the molecule is CCOCCCNC(=NCC(=O)N(C)C)N1CCN(c2ccncc2Cl)CC1. The number of hydrogen-bond donors (Lipinski definition) is 1. The number of halogens is 1. The number of ether oxygens (including phenoxy) is 1. The first-order chi connectivity index (χ1) is 13.5. The van der Waals surface area contributed by atoms with Crippen LogP contribution in [0.1, 0.15) is 13.3 Å². The van der Waals surface area contributed by atoms with Crippen LogP contribution in [0.4, 0.5) is 5.69 Å². The summed E-state index contributed by atoms with van der Waals surface area (Å²) in [6.45, 7) is 7.55. The van der Waals surface area contributed by atoms with Crippen molar-refractivity contribution in [3.05, 3.63) is 23.5 Å². The molecule has 0 radical (unpaired) electrons. The van der Waals surface area contributed by atoms with Crippen LogP contribution in [0.25, 0.3) is 0 Å². The molecule has 1 amide bonds. The number of hydrogen-bond acceptors (Lipinski definition) is 5. The Balaban J connectivity index is 1.95. The lowest BCUT2D eigenvalue weighted by Gasteiger charge is -2.38. The van der Waals surface area contributed by atoms with E-state index in [0.29, 0.717) is 11.6 Å². The average Bonchev–Trinajstić information content (AvgIpc) is 2.70. The van der Waals surface area contributed by atoms with Crippen molar-refractivity contribution in [2.75, 3.05) is 71.5 Å². The van der Waals surface area contributed by atoms with Crippen LogP contribution in [-0.2, 0) is 9.53 Å². The molecule has 1 fully saturated rings. The van der Waals surface area contributed by atoms with Gasteiger partial charge in [-0.1, -0.05) is 11.6 Å². The number of guanidine groups is 1. The lowest BCUT2D eigenvalue weighted by Crippen LogP contribution is -2.53. The third kappa shape index (κ3) is 6.83. The van der Waals surface area contributed by atoms with E-state index in [1.165, 1.54) is 0 Å². The van der Waals surface area contributed by atoms with E-state index in [1.54, 1.807) is 31.4 Å². The van der Waals surface area contributed by atoms with Gasteiger partial charge in [0.25, 0.3) is 0 Å². The molecule has 8 nitrogen and oxygen atoms in total. The number of amides is 1. The molecule has 0 atom stereocenters. The summed E-state index contributed by atoms with van der Waals surface area (Å²) < 4.78 is 5.39. The van der Waals surface area contributed by atoms with E-state index in [2.05, 4.69) is 25.1 Å². The number of nitrogens with zero attached hydrogens (tertiary/aromatic N) is 5. The number of piperazine rings is 1. The maximum absolute atomic E-state index is 11.9. The van der Waals surface area contributed by atoms with Crippen LogP contribution in [0.5, 0.6) is 0 Å². The number of likely N-dealkylation sites (N-methyl/N-ethyl adjacent to an activating group) is 1. The summed E-state index contributed by atoms with van der Waals surface area (Å²) in [5, 5.41) is 4.04. The normalized spacial score (nSPS) is 14.9. The zero-order valence-corrected chi connectivity index (χ0v) is 17.8. The highest BCUT2D eigenvalue weighted by atomic mass is 35.5. The highest BCUT2D eigenvalue weighted by Gasteiger charge is 2.21. The minimum atomic E-state index is -0.0178. The number of rotatable bonds is 8. The van der Waals surface area contributed by atoms with Crippen molar-refractivity contribution < 1.29 is 9.53 Å². The number of nitrogens with one attached hydrogen (secondary N) is 1. The van der Waals surface area contributed by atoms with E-state index in [1.807, 2.05) is 13.0 Å². The Hall–Kier alpha value is -2.06. The van der Waals surface area contributed by atoms with Crippen LogP contribution in [-0.4, -0.2) is 93.2 Å². The van der Waals surface area contributed by atoms with Crippen molar-refractivity contribution in [2.45, 2.75) is 13.3 Å². The summed E-state index contributed by atoms with van der Waals surface area (Å²) in [5.41, 5.74) is 1.00. The summed E-state index contributed by atoms with van der Waals surface area (Å²) >= 11 is 6.27. The van der Waals surface area contributed by atoms with Crippen LogP contribution < -0.4 is 10.2 Å². The predicted molar refractivity (Wildman–Crippen MR) is 113 cm³/mol. The Morgan fingerprint density at radius 3 is 2.75 bits per heavy atom. The number of anilines is 1. The number of carbonyl (C=O) groups excluding carboxylic acids is 1. The number of pyridine rings is 1. The molecule has 0 spiro atoms. The van der Waals surface area contributed by atoms with E-state index in [4.69, 9.17) is 16.3 Å². The van der Waals surface area contributed by atoms with E-state index >= 15 is 0 Å². The van der Waals surface area contributed by atoms with E-state index in [-0.39, 0.29) is 12.5 Å². The molecular weight excluding hydrogens is 380 g/mol. The molecule has 1 aromatic heterocycles. The van der Waals surface area contributed by atoms with E-state index in [9.17, 15) is 4.79 Å². The second-order valence-corrected chi connectivity index (χ2v) is 7.11. The van der Waals surface area contributed by atoms with Gasteiger partial charge < -0.3 is 24.8 Å². The summed E-state index contributed by atoms with van der Waals surface area (Å²) in [5.74, 6) is 0.753. The van der Waals surface area contributed by atoms with Gasteiger partial charge in [0.15, 0.2) is 5.96 Å². The van der Waals surface area contributed by atoms with Crippen molar-refractivity contribution in [2.24, 2.45) is 4.99 Å². The van der Waals surface area contributed by atoms with Gasteiger partial charge in [-0.2, -0.15) is 0 Å². The second kappa shape index (κ2) is 11.7. The smallest absolute Gasteiger partial charge is 0.243 e. The van der Waals surface area contributed by atoms with Gasteiger partial charge in [0.1, 0.15) is 6.54 Å². The van der Waals surface area contributed by atoms with Crippen LogP contribution in [0.2, 0.25) is 5.02 Å². The van der Waals surface area contributed by atoms with Crippen molar-refractivity contribution in [3.63, 3.8) is 0 Å². The predicted octanol–water partition coefficient (Wildman–Crippen LogP) is 1.32. The van der Waals surface area contributed by atoms with Gasteiger partial charge in [0.2, 0.25) is 5.91 Å². The molecule has 0 aromatic carbocycles. The number of aliphatic imine (C=N–C) groups is 1. The number of aromatic nitrogens is 1. The fourth-order valence-corrected chi connectivity index (χ4v) is 3.09. The summed E-state index contributed by atoms with van der Waals surface area (Å²) in [6, 6.07) is 1.94. The Labute approximate surface area is 172 Å². The maximum Gasteiger partial charge on any atom is 0.243 e. The van der Waals surface area contributed by atoms with Crippen molar-refractivity contribution in [1.29, 1.82) is 0 Å².